The molecular formula is C22H21ClN2O3. The second-order valence-electron chi connectivity index (χ2n) is 7.16. The van der Waals surface area contributed by atoms with Crippen LogP contribution in [0.1, 0.15) is 50.7 Å². The number of hydrogen-bond donors (Lipinski definition) is 1. The van der Waals surface area contributed by atoms with Crippen LogP contribution in [0.25, 0.3) is 10.9 Å². The third-order valence-electron chi connectivity index (χ3n) is 5.23. The maximum atomic E-state index is 12.7. The van der Waals surface area contributed by atoms with Gasteiger partial charge in [-0.25, -0.2) is 4.79 Å². The van der Waals surface area contributed by atoms with Crippen molar-refractivity contribution in [3.05, 3.63) is 69.9 Å². The molecule has 1 aromatic heterocycles. The van der Waals surface area contributed by atoms with Gasteiger partial charge in [0.05, 0.1) is 12.7 Å². The fourth-order valence-electron chi connectivity index (χ4n) is 3.54. The lowest BCUT2D eigenvalue weighted by molar-refractivity contribution is 0.0599. The minimum Gasteiger partial charge on any atom is -0.465 e. The molecule has 0 saturated heterocycles. The predicted molar refractivity (Wildman–Crippen MR) is 109 cm³/mol. The Morgan fingerprint density at radius 3 is 2.68 bits per heavy atom. The molecule has 1 saturated carbocycles. The van der Waals surface area contributed by atoms with Crippen molar-refractivity contribution in [1.29, 1.82) is 0 Å². The molecule has 0 aliphatic heterocycles. The number of carbonyl (C=O) groups excluding carboxylic acids is 2. The van der Waals surface area contributed by atoms with Gasteiger partial charge in [-0.3, -0.25) is 4.79 Å². The number of methoxy groups -OCH3 is 1. The smallest absolute Gasteiger partial charge is 0.338 e. The molecule has 0 spiro atoms. The third-order valence-corrected chi connectivity index (χ3v) is 5.47. The van der Waals surface area contributed by atoms with E-state index in [-0.39, 0.29) is 11.9 Å². The molecular weight excluding hydrogens is 376 g/mol. The van der Waals surface area contributed by atoms with Crippen molar-refractivity contribution in [2.45, 2.75) is 25.3 Å². The Bertz CT molecular complexity index is 1080. The second kappa shape index (κ2) is 7.32. The lowest BCUT2D eigenvalue weighted by atomic mass is 10.00. The molecule has 5 nitrogen and oxygen atoms in total. The van der Waals surface area contributed by atoms with Gasteiger partial charge in [-0.05, 0) is 54.2 Å². The van der Waals surface area contributed by atoms with Crippen molar-refractivity contribution in [3.8, 4) is 0 Å². The number of ether oxygens (including phenoxy) is 1. The van der Waals surface area contributed by atoms with E-state index in [4.69, 9.17) is 16.3 Å². The van der Waals surface area contributed by atoms with Gasteiger partial charge < -0.3 is 14.6 Å². The van der Waals surface area contributed by atoms with Crippen LogP contribution in [-0.2, 0) is 18.3 Å². The molecule has 0 bridgehead atoms. The van der Waals surface area contributed by atoms with Gasteiger partial charge in [-0.2, -0.15) is 0 Å². The van der Waals surface area contributed by atoms with Crippen LogP contribution in [0, 0.1) is 0 Å². The van der Waals surface area contributed by atoms with Gasteiger partial charge in [0.25, 0.3) is 5.91 Å². The van der Waals surface area contributed by atoms with E-state index in [1.807, 2.05) is 48.0 Å². The molecule has 1 fully saturated rings. The maximum absolute atomic E-state index is 12.7. The van der Waals surface area contributed by atoms with E-state index in [0.717, 1.165) is 34.9 Å². The van der Waals surface area contributed by atoms with E-state index in [9.17, 15) is 9.59 Å². The van der Waals surface area contributed by atoms with Crippen molar-refractivity contribution in [1.82, 2.24) is 9.88 Å². The van der Waals surface area contributed by atoms with Crippen LogP contribution >= 0.6 is 11.6 Å². The van der Waals surface area contributed by atoms with Gasteiger partial charge in [0, 0.05) is 29.5 Å². The quantitative estimate of drug-likeness (QED) is 0.649. The zero-order chi connectivity index (χ0) is 19.8. The molecule has 1 heterocycles. The zero-order valence-electron chi connectivity index (χ0n) is 15.8. The van der Waals surface area contributed by atoms with E-state index in [1.54, 1.807) is 6.07 Å². The number of amides is 1. The van der Waals surface area contributed by atoms with Crippen molar-refractivity contribution >= 4 is 34.4 Å². The molecule has 1 N–H and O–H groups in total. The first-order chi connectivity index (χ1) is 13.5. The number of carbonyl (C=O) groups is 2. The number of nitrogens with zero attached hydrogens (tertiary/aromatic N) is 1. The van der Waals surface area contributed by atoms with Crippen LogP contribution < -0.4 is 5.32 Å². The summed E-state index contributed by atoms with van der Waals surface area (Å²) in [7, 11) is 3.24. The number of aryl methyl sites for hydroxylation is 1. The minimum atomic E-state index is -0.313. The summed E-state index contributed by atoms with van der Waals surface area (Å²) in [6.07, 6.45) is 2.16. The first-order valence-electron chi connectivity index (χ1n) is 9.22. The van der Waals surface area contributed by atoms with Crippen LogP contribution in [-0.4, -0.2) is 23.6 Å². The third kappa shape index (κ3) is 3.50. The number of halogens is 1. The minimum absolute atomic E-state index is 0.153. The van der Waals surface area contributed by atoms with E-state index in [0.29, 0.717) is 28.7 Å². The number of rotatable bonds is 5. The molecule has 0 radical (unpaired) electrons. The molecule has 4 rings (SSSR count). The summed E-state index contributed by atoms with van der Waals surface area (Å²) in [5, 5.41) is 4.58. The SMILES string of the molecule is COC(=O)c1ccc(CNC(=O)c2cc3ccc(Cl)cc3n2C)cc1C1CC1. The maximum Gasteiger partial charge on any atom is 0.338 e. The van der Waals surface area contributed by atoms with Crippen LogP contribution in [0.2, 0.25) is 5.02 Å². The number of aromatic nitrogens is 1. The fourth-order valence-corrected chi connectivity index (χ4v) is 3.71. The highest BCUT2D eigenvalue weighted by atomic mass is 35.5. The topological polar surface area (TPSA) is 60.3 Å². The first kappa shape index (κ1) is 18.6. The number of nitrogens with one attached hydrogen (secondary N) is 1. The lowest BCUT2D eigenvalue weighted by Gasteiger charge is -2.11. The number of fused-ring (bicyclic) bond motifs is 1. The van der Waals surface area contributed by atoms with Crippen molar-refractivity contribution in [2.24, 2.45) is 7.05 Å². The zero-order valence-corrected chi connectivity index (χ0v) is 16.5. The summed E-state index contributed by atoms with van der Waals surface area (Å²) in [5.41, 5.74) is 4.08. The standard InChI is InChI=1S/C22H21ClN2O3/c1-25-19-11-16(23)7-6-15(19)10-20(25)21(26)24-12-13-3-8-17(22(27)28-2)18(9-13)14-4-5-14/h3,6-11,14H,4-5,12H2,1-2H3,(H,24,26). The number of hydrogen-bond acceptors (Lipinski definition) is 3. The van der Waals surface area contributed by atoms with E-state index in [2.05, 4.69) is 5.32 Å². The highest BCUT2D eigenvalue weighted by molar-refractivity contribution is 6.31. The largest absolute Gasteiger partial charge is 0.465 e. The Balaban J connectivity index is 1.53. The average Bonchev–Trinajstić information content (AvgIpc) is 3.50. The van der Waals surface area contributed by atoms with Crippen LogP contribution in [0.3, 0.4) is 0 Å². The molecule has 6 heteroatoms. The molecule has 1 aliphatic carbocycles. The monoisotopic (exact) mass is 396 g/mol. The summed E-state index contributed by atoms with van der Waals surface area (Å²) < 4.78 is 6.72. The van der Waals surface area contributed by atoms with E-state index >= 15 is 0 Å². The Labute approximate surface area is 168 Å². The normalized spacial score (nSPS) is 13.5. The molecule has 0 atom stereocenters. The lowest BCUT2D eigenvalue weighted by Crippen LogP contribution is -2.25. The van der Waals surface area contributed by atoms with E-state index in [1.165, 1.54) is 7.11 Å². The van der Waals surface area contributed by atoms with Gasteiger partial charge in [0.15, 0.2) is 0 Å². The van der Waals surface area contributed by atoms with Gasteiger partial charge in [-0.1, -0.05) is 29.8 Å². The Morgan fingerprint density at radius 1 is 1.18 bits per heavy atom. The Kier molecular flexibility index (Phi) is 4.85. The first-order valence-corrected chi connectivity index (χ1v) is 9.60. The summed E-state index contributed by atoms with van der Waals surface area (Å²) in [6, 6.07) is 13.1. The fraction of sp³-hybridized carbons (Fsp3) is 0.273. The highest BCUT2D eigenvalue weighted by Gasteiger charge is 2.28. The van der Waals surface area contributed by atoms with Crippen LogP contribution in [0.5, 0.6) is 0 Å². The molecule has 28 heavy (non-hydrogen) atoms. The molecule has 1 amide bonds. The summed E-state index contributed by atoms with van der Waals surface area (Å²) in [4.78, 5) is 24.7. The van der Waals surface area contributed by atoms with Crippen molar-refractivity contribution in [3.63, 3.8) is 0 Å². The second-order valence-corrected chi connectivity index (χ2v) is 7.60. The molecule has 0 unspecified atom stereocenters. The van der Waals surface area contributed by atoms with Crippen LogP contribution in [0.15, 0.2) is 42.5 Å². The Morgan fingerprint density at radius 2 is 1.96 bits per heavy atom. The number of benzene rings is 2. The average molecular weight is 397 g/mol. The summed E-state index contributed by atoms with van der Waals surface area (Å²) >= 11 is 6.06. The summed E-state index contributed by atoms with van der Waals surface area (Å²) in [6.45, 7) is 0.391. The molecule has 1 aliphatic rings. The molecule has 144 valence electrons. The van der Waals surface area contributed by atoms with Gasteiger partial charge in [-0.15, -0.1) is 0 Å². The highest BCUT2D eigenvalue weighted by Crippen LogP contribution is 2.42. The van der Waals surface area contributed by atoms with Crippen molar-refractivity contribution in [2.75, 3.05) is 7.11 Å². The van der Waals surface area contributed by atoms with Gasteiger partial charge >= 0.3 is 5.97 Å². The summed E-state index contributed by atoms with van der Waals surface area (Å²) in [5.74, 6) is -0.0563. The van der Waals surface area contributed by atoms with E-state index < -0.39 is 0 Å². The molecule has 3 aromatic rings. The Hall–Kier alpha value is -2.79. The van der Waals surface area contributed by atoms with Crippen LogP contribution in [0.4, 0.5) is 0 Å². The van der Waals surface area contributed by atoms with Crippen molar-refractivity contribution < 1.29 is 14.3 Å². The van der Waals surface area contributed by atoms with Gasteiger partial charge in [0.1, 0.15) is 5.69 Å². The number of esters is 1. The molecule has 2 aromatic carbocycles. The van der Waals surface area contributed by atoms with Gasteiger partial charge in [0.2, 0.25) is 0 Å². The predicted octanol–water partition coefficient (Wildman–Crippen LogP) is 4.43.